The van der Waals surface area contributed by atoms with Crippen LogP contribution in [-0.2, 0) is 12.6 Å². The Morgan fingerprint density at radius 3 is 1.69 bits per heavy atom. The lowest BCUT2D eigenvalue weighted by molar-refractivity contribution is 0.562. The molecule has 0 spiro atoms. The van der Waals surface area contributed by atoms with Crippen molar-refractivity contribution in [2.75, 3.05) is 19.9 Å². The van der Waals surface area contributed by atoms with Gasteiger partial charge in [-0.15, -0.1) is 0 Å². The van der Waals surface area contributed by atoms with Gasteiger partial charge >= 0.3 is 0 Å². The first-order valence-electron chi connectivity index (χ1n) is 11.2. The van der Waals surface area contributed by atoms with E-state index in [-0.39, 0.29) is 0 Å². The molecule has 0 heterocycles. The second-order valence-electron chi connectivity index (χ2n) is 8.17. The molecule has 0 aromatic heterocycles. The molecule has 0 fully saturated rings. The fourth-order valence-corrected chi connectivity index (χ4v) is 6.08. The monoisotopic (exact) mass is 377 g/mol. The van der Waals surface area contributed by atoms with Crippen LogP contribution in [0.5, 0.6) is 0 Å². The van der Waals surface area contributed by atoms with E-state index in [0.717, 1.165) is 0 Å². The highest BCUT2D eigenvalue weighted by Gasteiger charge is 2.12. The van der Waals surface area contributed by atoms with Crippen LogP contribution in [0.15, 0.2) is 29.0 Å². The van der Waals surface area contributed by atoms with Crippen LogP contribution in [0, 0.1) is 0 Å². The summed E-state index contributed by atoms with van der Waals surface area (Å²) in [5.41, 5.74) is 2.96. The van der Waals surface area contributed by atoms with Crippen molar-refractivity contribution in [3.63, 3.8) is 0 Å². The van der Waals surface area contributed by atoms with Gasteiger partial charge in [-0.05, 0) is 43.8 Å². The third kappa shape index (κ3) is 10.6. The van der Waals surface area contributed by atoms with Crippen molar-refractivity contribution in [3.05, 3.63) is 35.4 Å². The van der Waals surface area contributed by atoms with Gasteiger partial charge in [0.05, 0.1) is 0 Å². The first-order valence-corrected chi connectivity index (χ1v) is 13.7. The van der Waals surface area contributed by atoms with Crippen molar-refractivity contribution < 1.29 is 0 Å². The molecule has 0 bridgehead atoms. The van der Waals surface area contributed by atoms with Crippen LogP contribution in [0.25, 0.3) is 0 Å². The van der Waals surface area contributed by atoms with Crippen LogP contribution in [0.2, 0.25) is 0 Å². The molecule has 1 aromatic rings. The topological polar surface area (TPSA) is 12.4 Å². The Balaban J connectivity index is 2.22. The van der Waals surface area contributed by atoms with E-state index in [2.05, 4.69) is 51.8 Å². The lowest BCUT2D eigenvalue weighted by Crippen LogP contribution is -1.95. The molecule has 0 saturated carbocycles. The van der Waals surface area contributed by atoms with Crippen LogP contribution in [0.3, 0.4) is 0 Å². The summed E-state index contributed by atoms with van der Waals surface area (Å²) < 4.78 is 4.86. The van der Waals surface area contributed by atoms with Crippen LogP contribution < -0.4 is 0 Å². The zero-order chi connectivity index (χ0) is 19.1. The summed E-state index contributed by atoms with van der Waals surface area (Å²) in [6.07, 6.45) is 19.1. The van der Waals surface area contributed by atoms with E-state index in [9.17, 15) is 0 Å². The Kier molecular flexibility index (Phi) is 13.1. The lowest BCUT2D eigenvalue weighted by atomic mass is 10.1. The SMILES string of the molecule is CCCCCCCCCCCCP(C)(Cc1ccc(CCC)cc1)=NC. The highest BCUT2D eigenvalue weighted by Crippen LogP contribution is 2.49. The molecule has 0 radical (unpaired) electrons. The smallest absolute Gasteiger partial charge is 0.0262 e. The second-order valence-corrected chi connectivity index (χ2v) is 12.0. The average molecular weight is 378 g/mol. The molecule has 1 atom stereocenters. The molecule has 0 aliphatic rings. The van der Waals surface area contributed by atoms with Crippen molar-refractivity contribution in [2.45, 2.75) is 97.1 Å². The van der Waals surface area contributed by atoms with Crippen molar-refractivity contribution in [3.8, 4) is 0 Å². The predicted molar refractivity (Wildman–Crippen MR) is 122 cm³/mol. The molecule has 0 aliphatic carbocycles. The molecule has 1 unspecified atom stereocenters. The normalized spacial score (nSPS) is 13.5. The van der Waals surface area contributed by atoms with Gasteiger partial charge < -0.3 is 4.74 Å². The number of aryl methyl sites for hydroxylation is 1. The van der Waals surface area contributed by atoms with Gasteiger partial charge in [0.25, 0.3) is 0 Å². The number of nitrogens with zero attached hydrogens (tertiary/aromatic N) is 1. The summed E-state index contributed by atoms with van der Waals surface area (Å²) >= 11 is 0. The number of rotatable bonds is 15. The van der Waals surface area contributed by atoms with Gasteiger partial charge in [0.15, 0.2) is 0 Å². The summed E-state index contributed by atoms with van der Waals surface area (Å²) in [5.74, 6) is 0. The minimum atomic E-state index is -1.15. The lowest BCUT2D eigenvalue weighted by Gasteiger charge is -2.19. The Labute approximate surface area is 164 Å². The van der Waals surface area contributed by atoms with Crippen LogP contribution >= 0.6 is 7.05 Å². The van der Waals surface area contributed by atoms with Crippen LogP contribution in [0.4, 0.5) is 0 Å². The molecular formula is C24H44NP. The maximum Gasteiger partial charge on any atom is 0.0262 e. The number of hydrogen-bond acceptors (Lipinski definition) is 1. The van der Waals surface area contributed by atoms with Gasteiger partial charge in [-0.1, -0.05) is 102 Å². The molecule has 26 heavy (non-hydrogen) atoms. The first-order chi connectivity index (χ1) is 12.6. The fraction of sp³-hybridized carbons (Fsp3) is 0.750. The Morgan fingerprint density at radius 1 is 0.692 bits per heavy atom. The van der Waals surface area contributed by atoms with Crippen molar-refractivity contribution in [1.82, 2.24) is 0 Å². The Morgan fingerprint density at radius 2 is 1.19 bits per heavy atom. The van der Waals surface area contributed by atoms with Gasteiger partial charge in [0.2, 0.25) is 0 Å². The van der Waals surface area contributed by atoms with Crippen LogP contribution in [0.1, 0.15) is 95.6 Å². The van der Waals surface area contributed by atoms with Gasteiger partial charge in [-0.3, -0.25) is 0 Å². The highest BCUT2D eigenvalue weighted by atomic mass is 31.2. The van der Waals surface area contributed by atoms with E-state index in [1.54, 1.807) is 0 Å². The fourth-order valence-electron chi connectivity index (χ4n) is 3.68. The number of benzene rings is 1. The third-order valence-corrected chi connectivity index (χ3v) is 8.85. The van der Waals surface area contributed by atoms with E-state index in [4.69, 9.17) is 4.74 Å². The quantitative estimate of drug-likeness (QED) is 0.214. The molecule has 2 heteroatoms. The predicted octanol–water partition coefficient (Wildman–Crippen LogP) is 8.52. The van der Waals surface area contributed by atoms with E-state index in [1.807, 2.05) is 0 Å². The molecule has 0 saturated heterocycles. The maximum absolute atomic E-state index is 4.86. The van der Waals surface area contributed by atoms with Crippen molar-refractivity contribution in [2.24, 2.45) is 4.74 Å². The minimum absolute atomic E-state index is 1.15. The van der Waals surface area contributed by atoms with Crippen molar-refractivity contribution >= 4 is 7.05 Å². The van der Waals surface area contributed by atoms with Gasteiger partial charge in [-0.25, -0.2) is 0 Å². The van der Waals surface area contributed by atoms with Crippen molar-refractivity contribution in [1.29, 1.82) is 0 Å². The zero-order valence-corrected chi connectivity index (χ0v) is 19.0. The van der Waals surface area contributed by atoms with E-state index in [0.29, 0.717) is 0 Å². The minimum Gasteiger partial charge on any atom is -0.306 e. The molecule has 150 valence electrons. The third-order valence-electron chi connectivity index (χ3n) is 5.56. The van der Waals surface area contributed by atoms with E-state index < -0.39 is 7.05 Å². The number of unbranched alkanes of at least 4 members (excludes halogenated alkanes) is 9. The molecule has 1 rings (SSSR count). The van der Waals surface area contributed by atoms with E-state index >= 15 is 0 Å². The summed E-state index contributed by atoms with van der Waals surface area (Å²) in [5, 5.41) is 0. The standard InChI is InChI=1S/C24H44NP/c1-5-7-8-9-10-11-12-13-14-15-21-26(4,25-3)22-24-19-17-23(16-6-2)18-20-24/h17-20H,5-16,21-22H2,1-4H3. The average Bonchev–Trinajstić information content (AvgIpc) is 2.65. The van der Waals surface area contributed by atoms with Gasteiger partial charge in [0, 0.05) is 13.2 Å². The first kappa shape index (κ1) is 23.5. The summed E-state index contributed by atoms with van der Waals surface area (Å²) in [7, 11) is 0.899. The van der Waals surface area contributed by atoms with Gasteiger partial charge in [0.1, 0.15) is 0 Å². The largest absolute Gasteiger partial charge is 0.306 e. The molecule has 0 amide bonds. The summed E-state index contributed by atoms with van der Waals surface area (Å²) in [6.45, 7) is 6.99. The highest BCUT2D eigenvalue weighted by molar-refractivity contribution is 7.64. The van der Waals surface area contributed by atoms with Crippen LogP contribution in [-0.4, -0.2) is 19.9 Å². The maximum atomic E-state index is 4.86. The Hall–Kier alpha value is -0.550. The Bertz CT molecular complexity index is 503. The molecular weight excluding hydrogens is 333 g/mol. The molecule has 1 nitrogen and oxygen atoms in total. The van der Waals surface area contributed by atoms with Gasteiger partial charge in [-0.2, -0.15) is 0 Å². The molecule has 1 aromatic carbocycles. The van der Waals surface area contributed by atoms with E-state index in [1.165, 1.54) is 101 Å². The zero-order valence-electron chi connectivity index (χ0n) is 18.1. The summed E-state index contributed by atoms with van der Waals surface area (Å²) in [6, 6.07) is 9.32. The second kappa shape index (κ2) is 14.5. The molecule has 0 N–H and O–H groups in total. The molecule has 0 aliphatic heterocycles. The summed E-state index contributed by atoms with van der Waals surface area (Å²) in [4.78, 5) is 0. The number of hydrogen-bond donors (Lipinski definition) is 0.